The van der Waals surface area contributed by atoms with Gasteiger partial charge in [0.2, 0.25) is 0 Å². The molecule has 2 N–H and O–H groups in total. The van der Waals surface area contributed by atoms with Crippen LogP contribution in [0.1, 0.15) is 36.9 Å². The first-order valence-corrected chi connectivity index (χ1v) is 7.81. The number of methoxy groups -OCH3 is 1. The van der Waals surface area contributed by atoms with Crippen LogP contribution in [0.4, 0.5) is 0 Å². The fourth-order valence-electron chi connectivity index (χ4n) is 2.02. The smallest absolute Gasteiger partial charge is 0.268 e. The van der Waals surface area contributed by atoms with Gasteiger partial charge in [0.25, 0.3) is 11.8 Å². The molecule has 25 heavy (non-hydrogen) atoms. The molecule has 2 aromatic rings. The summed E-state index contributed by atoms with van der Waals surface area (Å²) in [6.07, 6.45) is 2.99. The van der Waals surface area contributed by atoms with E-state index in [1.165, 1.54) is 12.3 Å². The first kappa shape index (κ1) is 18.3. The SMILES string of the molecule is COc1ccc(C(=O)N/C(=C\c2ccco2)C(=O)NC(C)(C)C)cc1. The van der Waals surface area contributed by atoms with E-state index in [-0.39, 0.29) is 5.70 Å². The van der Waals surface area contributed by atoms with Crippen molar-refractivity contribution in [3.05, 3.63) is 59.7 Å². The molecule has 2 rings (SSSR count). The summed E-state index contributed by atoms with van der Waals surface area (Å²) in [5.74, 6) is 0.317. The van der Waals surface area contributed by atoms with Gasteiger partial charge in [-0.3, -0.25) is 9.59 Å². The maximum Gasteiger partial charge on any atom is 0.268 e. The number of furan rings is 1. The summed E-state index contributed by atoms with van der Waals surface area (Å²) in [6.45, 7) is 5.59. The Morgan fingerprint density at radius 3 is 2.32 bits per heavy atom. The van der Waals surface area contributed by atoms with E-state index < -0.39 is 17.4 Å². The van der Waals surface area contributed by atoms with Crippen LogP contribution < -0.4 is 15.4 Å². The van der Waals surface area contributed by atoms with Crippen molar-refractivity contribution in [3.8, 4) is 5.75 Å². The number of amides is 2. The summed E-state index contributed by atoms with van der Waals surface area (Å²) in [6, 6.07) is 10.0. The Morgan fingerprint density at radius 1 is 1.12 bits per heavy atom. The Morgan fingerprint density at radius 2 is 1.80 bits per heavy atom. The van der Waals surface area contributed by atoms with E-state index in [0.29, 0.717) is 17.1 Å². The summed E-state index contributed by atoms with van der Waals surface area (Å²) >= 11 is 0. The van der Waals surface area contributed by atoms with Gasteiger partial charge in [-0.25, -0.2) is 0 Å². The minimum Gasteiger partial charge on any atom is -0.497 e. The van der Waals surface area contributed by atoms with Crippen LogP contribution in [0, 0.1) is 0 Å². The van der Waals surface area contributed by atoms with Crippen LogP contribution in [0.3, 0.4) is 0 Å². The van der Waals surface area contributed by atoms with E-state index in [1.807, 2.05) is 20.8 Å². The Balaban J connectivity index is 2.22. The first-order chi connectivity index (χ1) is 11.8. The molecule has 0 radical (unpaired) electrons. The van der Waals surface area contributed by atoms with Crippen molar-refractivity contribution in [2.45, 2.75) is 26.3 Å². The molecular weight excluding hydrogens is 320 g/mol. The summed E-state index contributed by atoms with van der Waals surface area (Å²) in [5.41, 5.74) is 0.0740. The van der Waals surface area contributed by atoms with Crippen LogP contribution in [0.25, 0.3) is 6.08 Å². The molecule has 0 spiro atoms. The molecule has 0 aliphatic rings. The summed E-state index contributed by atoms with van der Waals surface area (Å²) < 4.78 is 10.3. The van der Waals surface area contributed by atoms with Crippen molar-refractivity contribution in [3.63, 3.8) is 0 Å². The monoisotopic (exact) mass is 342 g/mol. The maximum absolute atomic E-state index is 12.5. The topological polar surface area (TPSA) is 80.6 Å². The lowest BCUT2D eigenvalue weighted by molar-refractivity contribution is -0.119. The molecule has 0 saturated carbocycles. The molecule has 132 valence electrons. The molecule has 0 aliphatic carbocycles. The van der Waals surface area contributed by atoms with Gasteiger partial charge in [0.05, 0.1) is 13.4 Å². The number of ether oxygens (including phenoxy) is 1. The Bertz CT molecular complexity index is 754. The molecule has 0 fully saturated rings. The van der Waals surface area contributed by atoms with Gasteiger partial charge in [-0.2, -0.15) is 0 Å². The van der Waals surface area contributed by atoms with Crippen LogP contribution in [-0.4, -0.2) is 24.5 Å². The van der Waals surface area contributed by atoms with Gasteiger partial charge >= 0.3 is 0 Å². The molecule has 0 saturated heterocycles. The van der Waals surface area contributed by atoms with Gasteiger partial charge in [0.15, 0.2) is 0 Å². The van der Waals surface area contributed by atoms with E-state index in [4.69, 9.17) is 9.15 Å². The predicted octanol–water partition coefficient (Wildman–Crippen LogP) is 2.97. The second kappa shape index (κ2) is 7.70. The lowest BCUT2D eigenvalue weighted by atomic mass is 10.1. The lowest BCUT2D eigenvalue weighted by Gasteiger charge is -2.21. The molecule has 1 aromatic heterocycles. The highest BCUT2D eigenvalue weighted by Gasteiger charge is 2.20. The summed E-state index contributed by atoms with van der Waals surface area (Å²) in [7, 11) is 1.55. The van der Waals surface area contributed by atoms with Gasteiger partial charge in [0, 0.05) is 17.2 Å². The average molecular weight is 342 g/mol. The van der Waals surface area contributed by atoms with E-state index in [1.54, 1.807) is 43.5 Å². The second-order valence-corrected chi connectivity index (χ2v) is 6.46. The highest BCUT2D eigenvalue weighted by atomic mass is 16.5. The summed E-state index contributed by atoms with van der Waals surface area (Å²) in [4.78, 5) is 24.9. The highest BCUT2D eigenvalue weighted by Crippen LogP contribution is 2.13. The highest BCUT2D eigenvalue weighted by molar-refractivity contribution is 6.05. The molecule has 2 amide bonds. The molecule has 0 atom stereocenters. The quantitative estimate of drug-likeness (QED) is 0.819. The van der Waals surface area contributed by atoms with Crippen LogP contribution >= 0.6 is 0 Å². The number of hydrogen-bond donors (Lipinski definition) is 2. The van der Waals surface area contributed by atoms with Gasteiger partial charge in [-0.1, -0.05) is 0 Å². The van der Waals surface area contributed by atoms with Crippen molar-refractivity contribution < 1.29 is 18.7 Å². The van der Waals surface area contributed by atoms with Crippen molar-refractivity contribution in [2.75, 3.05) is 7.11 Å². The molecule has 0 aliphatic heterocycles. The molecule has 0 unspecified atom stereocenters. The molecular formula is C19H22N2O4. The van der Waals surface area contributed by atoms with Gasteiger partial charge in [-0.15, -0.1) is 0 Å². The van der Waals surface area contributed by atoms with Crippen molar-refractivity contribution in [2.24, 2.45) is 0 Å². The Hall–Kier alpha value is -3.02. The van der Waals surface area contributed by atoms with E-state index in [2.05, 4.69) is 10.6 Å². The molecule has 6 nitrogen and oxygen atoms in total. The predicted molar refractivity (Wildman–Crippen MR) is 95.0 cm³/mol. The largest absolute Gasteiger partial charge is 0.497 e. The number of hydrogen-bond acceptors (Lipinski definition) is 4. The second-order valence-electron chi connectivity index (χ2n) is 6.46. The minimum atomic E-state index is -0.440. The van der Waals surface area contributed by atoms with Crippen LogP contribution in [0.5, 0.6) is 5.75 Å². The van der Waals surface area contributed by atoms with Crippen LogP contribution in [0.15, 0.2) is 52.8 Å². The normalized spacial score (nSPS) is 11.8. The number of carbonyl (C=O) groups is 2. The minimum absolute atomic E-state index is 0.102. The van der Waals surface area contributed by atoms with Crippen molar-refractivity contribution in [1.29, 1.82) is 0 Å². The first-order valence-electron chi connectivity index (χ1n) is 7.81. The lowest BCUT2D eigenvalue weighted by Crippen LogP contribution is -2.44. The maximum atomic E-state index is 12.5. The third kappa shape index (κ3) is 5.53. The molecule has 6 heteroatoms. The van der Waals surface area contributed by atoms with Gasteiger partial charge < -0.3 is 19.8 Å². The van der Waals surface area contributed by atoms with Gasteiger partial charge in [-0.05, 0) is 57.2 Å². The zero-order chi connectivity index (χ0) is 18.4. The third-order valence-electron chi connectivity index (χ3n) is 3.16. The third-order valence-corrected chi connectivity index (χ3v) is 3.16. The molecule has 1 aromatic carbocycles. The number of carbonyl (C=O) groups excluding carboxylic acids is 2. The van der Waals surface area contributed by atoms with Gasteiger partial charge in [0.1, 0.15) is 17.2 Å². The fraction of sp³-hybridized carbons (Fsp3) is 0.263. The standard InChI is InChI=1S/C19H22N2O4/c1-19(2,3)21-18(23)16(12-15-6-5-11-25-15)20-17(22)13-7-9-14(24-4)10-8-13/h5-12H,1-4H3,(H,20,22)(H,21,23)/b16-12-. The zero-order valence-electron chi connectivity index (χ0n) is 14.8. The van der Waals surface area contributed by atoms with E-state index in [9.17, 15) is 9.59 Å². The van der Waals surface area contributed by atoms with E-state index >= 15 is 0 Å². The number of rotatable bonds is 5. The van der Waals surface area contributed by atoms with Crippen LogP contribution in [0.2, 0.25) is 0 Å². The summed E-state index contributed by atoms with van der Waals surface area (Å²) in [5, 5.41) is 5.46. The van der Waals surface area contributed by atoms with Crippen molar-refractivity contribution >= 4 is 17.9 Å². The average Bonchev–Trinajstić information content (AvgIpc) is 3.05. The molecule has 1 heterocycles. The fourth-order valence-corrected chi connectivity index (χ4v) is 2.02. The number of nitrogens with one attached hydrogen (secondary N) is 2. The van der Waals surface area contributed by atoms with E-state index in [0.717, 1.165) is 0 Å². The Kier molecular flexibility index (Phi) is 5.64. The molecule has 0 bridgehead atoms. The zero-order valence-corrected chi connectivity index (χ0v) is 14.8. The van der Waals surface area contributed by atoms with Crippen LogP contribution in [-0.2, 0) is 4.79 Å². The Labute approximate surface area is 146 Å². The number of benzene rings is 1. The van der Waals surface area contributed by atoms with Crippen molar-refractivity contribution in [1.82, 2.24) is 10.6 Å².